The molecule has 0 bridgehead atoms. The maximum atomic E-state index is 12.2. The molecule has 1 aromatic heterocycles. The van der Waals surface area contributed by atoms with Crippen LogP contribution in [-0.2, 0) is 16.1 Å². The van der Waals surface area contributed by atoms with Gasteiger partial charge in [0.1, 0.15) is 0 Å². The fourth-order valence-corrected chi connectivity index (χ4v) is 2.89. The van der Waals surface area contributed by atoms with E-state index >= 15 is 0 Å². The first kappa shape index (κ1) is 17.2. The van der Waals surface area contributed by atoms with E-state index in [9.17, 15) is 9.59 Å². The van der Waals surface area contributed by atoms with E-state index in [0.29, 0.717) is 12.2 Å². The number of amides is 2. The van der Waals surface area contributed by atoms with Crippen LogP contribution in [0.4, 0.5) is 11.4 Å². The fraction of sp³-hybridized carbons (Fsp3) is 0.294. The molecule has 2 N–H and O–H groups in total. The Bertz CT molecular complexity index is 638. The molecule has 0 aliphatic carbocycles. The molecule has 2 aromatic rings. The van der Waals surface area contributed by atoms with Gasteiger partial charge in [0.05, 0.1) is 6.54 Å². The van der Waals surface area contributed by atoms with Gasteiger partial charge in [-0.3, -0.25) is 14.5 Å². The molecule has 6 heteroatoms. The van der Waals surface area contributed by atoms with Crippen LogP contribution in [0.25, 0.3) is 0 Å². The Kier molecular flexibility index (Phi) is 6.31. The summed E-state index contributed by atoms with van der Waals surface area (Å²) in [4.78, 5) is 26.5. The summed E-state index contributed by atoms with van der Waals surface area (Å²) in [7, 11) is 0. The lowest BCUT2D eigenvalue weighted by molar-refractivity contribution is -0.117. The zero-order valence-corrected chi connectivity index (χ0v) is 14.2. The highest BCUT2D eigenvalue weighted by atomic mass is 32.1. The van der Waals surface area contributed by atoms with Crippen molar-refractivity contribution in [3.8, 4) is 0 Å². The first-order chi connectivity index (χ1) is 11.1. The maximum absolute atomic E-state index is 12.2. The number of carbonyl (C=O) groups excluding carboxylic acids is 2. The van der Waals surface area contributed by atoms with Gasteiger partial charge >= 0.3 is 0 Å². The zero-order valence-electron chi connectivity index (χ0n) is 13.3. The van der Waals surface area contributed by atoms with E-state index in [1.54, 1.807) is 35.6 Å². The first-order valence-electron chi connectivity index (χ1n) is 7.49. The van der Waals surface area contributed by atoms with Crippen molar-refractivity contribution >= 4 is 34.5 Å². The minimum Gasteiger partial charge on any atom is -0.326 e. The van der Waals surface area contributed by atoms with E-state index < -0.39 is 0 Å². The molecule has 0 aliphatic rings. The molecule has 0 unspecified atom stereocenters. The third-order valence-corrected chi connectivity index (χ3v) is 4.12. The van der Waals surface area contributed by atoms with Crippen LogP contribution >= 0.6 is 11.3 Å². The summed E-state index contributed by atoms with van der Waals surface area (Å²) in [5.74, 6) is -0.162. The van der Waals surface area contributed by atoms with E-state index in [-0.39, 0.29) is 11.8 Å². The average Bonchev–Trinajstić information content (AvgIpc) is 3.01. The van der Waals surface area contributed by atoms with E-state index in [2.05, 4.69) is 21.6 Å². The minimum atomic E-state index is -0.117. The Morgan fingerprint density at radius 2 is 1.74 bits per heavy atom. The van der Waals surface area contributed by atoms with Gasteiger partial charge in [0.15, 0.2) is 0 Å². The van der Waals surface area contributed by atoms with Crippen LogP contribution in [0.15, 0.2) is 41.8 Å². The number of carbonyl (C=O) groups is 2. The second-order valence-electron chi connectivity index (χ2n) is 5.19. The molecule has 0 aliphatic heterocycles. The summed E-state index contributed by atoms with van der Waals surface area (Å²) in [5.41, 5.74) is 1.43. The monoisotopic (exact) mass is 331 g/mol. The van der Waals surface area contributed by atoms with E-state index in [4.69, 9.17) is 0 Å². The summed E-state index contributed by atoms with van der Waals surface area (Å²) in [5, 5.41) is 7.61. The standard InChI is InChI=1S/C17H21N3O2S/c1-3-20(11-16-5-4-10-23-16)12-17(22)19-15-8-6-14(7-9-15)18-13(2)21/h4-10H,3,11-12H2,1-2H3,(H,18,21)(H,19,22). The van der Waals surface area contributed by atoms with Crippen LogP contribution in [0, 0.1) is 0 Å². The number of anilines is 2. The van der Waals surface area contributed by atoms with Crippen LogP contribution in [0.1, 0.15) is 18.7 Å². The molecule has 5 nitrogen and oxygen atoms in total. The summed E-state index contributed by atoms with van der Waals surface area (Å²) in [6, 6.07) is 11.2. The normalized spacial score (nSPS) is 10.6. The van der Waals surface area contributed by atoms with Gasteiger partial charge in [0.2, 0.25) is 11.8 Å². The minimum absolute atomic E-state index is 0.0457. The van der Waals surface area contributed by atoms with Gasteiger partial charge in [0, 0.05) is 29.7 Å². The summed E-state index contributed by atoms with van der Waals surface area (Å²) < 4.78 is 0. The number of hydrogen-bond donors (Lipinski definition) is 2. The van der Waals surface area contributed by atoms with E-state index in [1.807, 2.05) is 18.4 Å². The van der Waals surface area contributed by atoms with Crippen molar-refractivity contribution in [1.82, 2.24) is 4.90 Å². The number of nitrogens with one attached hydrogen (secondary N) is 2. The lowest BCUT2D eigenvalue weighted by Gasteiger charge is -2.19. The number of nitrogens with zero attached hydrogens (tertiary/aromatic N) is 1. The van der Waals surface area contributed by atoms with E-state index in [0.717, 1.165) is 18.8 Å². The zero-order chi connectivity index (χ0) is 16.7. The second-order valence-corrected chi connectivity index (χ2v) is 6.22. The van der Waals surface area contributed by atoms with Crippen LogP contribution in [0.2, 0.25) is 0 Å². The molecule has 2 amide bonds. The van der Waals surface area contributed by atoms with Gasteiger partial charge < -0.3 is 10.6 Å². The third-order valence-electron chi connectivity index (χ3n) is 3.26. The van der Waals surface area contributed by atoms with Crippen LogP contribution in [-0.4, -0.2) is 29.8 Å². The molecule has 1 aromatic carbocycles. The Balaban J connectivity index is 1.86. The third kappa shape index (κ3) is 5.84. The number of likely N-dealkylation sites (N-methyl/N-ethyl adjacent to an activating group) is 1. The molecule has 0 saturated heterocycles. The van der Waals surface area contributed by atoms with Crippen LogP contribution in [0.3, 0.4) is 0 Å². The van der Waals surface area contributed by atoms with Crippen molar-refractivity contribution in [1.29, 1.82) is 0 Å². The molecule has 0 saturated carbocycles. The number of benzene rings is 1. The van der Waals surface area contributed by atoms with Crippen molar-refractivity contribution in [2.75, 3.05) is 23.7 Å². The molecular weight excluding hydrogens is 310 g/mol. The average molecular weight is 331 g/mol. The Hall–Kier alpha value is -2.18. The van der Waals surface area contributed by atoms with Gasteiger partial charge in [-0.2, -0.15) is 0 Å². The van der Waals surface area contributed by atoms with Crippen LogP contribution < -0.4 is 10.6 Å². The number of hydrogen-bond acceptors (Lipinski definition) is 4. The van der Waals surface area contributed by atoms with E-state index in [1.165, 1.54) is 11.8 Å². The predicted molar refractivity (Wildman–Crippen MR) is 94.6 cm³/mol. The van der Waals surface area contributed by atoms with Crippen molar-refractivity contribution in [2.24, 2.45) is 0 Å². The lowest BCUT2D eigenvalue weighted by atomic mass is 10.2. The van der Waals surface area contributed by atoms with Crippen molar-refractivity contribution in [3.63, 3.8) is 0 Å². The van der Waals surface area contributed by atoms with Gasteiger partial charge in [0.25, 0.3) is 0 Å². The first-order valence-corrected chi connectivity index (χ1v) is 8.37. The molecule has 0 atom stereocenters. The Labute approximate surface area is 140 Å². The number of thiophene rings is 1. The lowest BCUT2D eigenvalue weighted by Crippen LogP contribution is -2.32. The summed E-state index contributed by atoms with van der Waals surface area (Å²) >= 11 is 1.70. The van der Waals surface area contributed by atoms with Gasteiger partial charge in [-0.05, 0) is 42.3 Å². The quantitative estimate of drug-likeness (QED) is 0.819. The van der Waals surface area contributed by atoms with Crippen molar-refractivity contribution in [2.45, 2.75) is 20.4 Å². The highest BCUT2D eigenvalue weighted by Crippen LogP contribution is 2.14. The van der Waals surface area contributed by atoms with Crippen molar-refractivity contribution < 1.29 is 9.59 Å². The van der Waals surface area contributed by atoms with Gasteiger partial charge in [-0.25, -0.2) is 0 Å². The summed E-state index contributed by atoms with van der Waals surface area (Å²) in [6.45, 7) is 5.45. The molecule has 0 fully saturated rings. The fourth-order valence-electron chi connectivity index (χ4n) is 2.15. The highest BCUT2D eigenvalue weighted by molar-refractivity contribution is 7.09. The van der Waals surface area contributed by atoms with Crippen molar-refractivity contribution in [3.05, 3.63) is 46.7 Å². The molecule has 122 valence electrons. The number of rotatable bonds is 7. The molecule has 0 spiro atoms. The molecular formula is C17H21N3O2S. The van der Waals surface area contributed by atoms with Gasteiger partial charge in [-0.15, -0.1) is 11.3 Å². The maximum Gasteiger partial charge on any atom is 0.238 e. The molecule has 23 heavy (non-hydrogen) atoms. The predicted octanol–water partition coefficient (Wildman–Crippen LogP) is 3.17. The molecule has 1 heterocycles. The summed E-state index contributed by atoms with van der Waals surface area (Å²) in [6.07, 6.45) is 0. The second kappa shape index (κ2) is 8.45. The SMILES string of the molecule is CCN(CC(=O)Nc1ccc(NC(C)=O)cc1)Cc1cccs1. The van der Waals surface area contributed by atoms with Gasteiger partial charge in [-0.1, -0.05) is 13.0 Å². The Morgan fingerprint density at radius 3 is 2.26 bits per heavy atom. The Morgan fingerprint density at radius 1 is 1.09 bits per heavy atom. The smallest absolute Gasteiger partial charge is 0.238 e. The van der Waals surface area contributed by atoms with Crippen LogP contribution in [0.5, 0.6) is 0 Å². The topological polar surface area (TPSA) is 61.4 Å². The molecule has 2 rings (SSSR count). The largest absolute Gasteiger partial charge is 0.326 e. The highest BCUT2D eigenvalue weighted by Gasteiger charge is 2.10. The molecule has 0 radical (unpaired) electrons.